The van der Waals surface area contributed by atoms with Crippen molar-refractivity contribution in [3.63, 3.8) is 0 Å². The number of rotatable bonds is 13. The second-order valence-electron chi connectivity index (χ2n) is 16.2. The van der Waals surface area contributed by atoms with Crippen molar-refractivity contribution in [3.05, 3.63) is 46.5 Å². The average Bonchev–Trinajstić information content (AvgIpc) is 3.87. The van der Waals surface area contributed by atoms with Gasteiger partial charge in [0.05, 0.1) is 25.3 Å². The first kappa shape index (κ1) is 48.2. The lowest BCUT2D eigenvalue weighted by molar-refractivity contribution is -0.162. The third-order valence-corrected chi connectivity index (χ3v) is 14.9. The molecule has 0 aliphatic carbocycles. The number of esters is 1. The Morgan fingerprint density at radius 3 is 2.54 bits per heavy atom. The van der Waals surface area contributed by atoms with E-state index in [0.717, 1.165) is 11.1 Å². The Hall–Kier alpha value is -3.48. The van der Waals surface area contributed by atoms with E-state index in [4.69, 9.17) is 40.4 Å². The van der Waals surface area contributed by atoms with E-state index < -0.39 is 71.6 Å². The predicted molar refractivity (Wildman–Crippen MR) is 227 cm³/mol. The maximum atomic E-state index is 14.2. The van der Waals surface area contributed by atoms with Crippen LogP contribution in [0, 0.1) is 5.92 Å². The highest BCUT2D eigenvalue weighted by Gasteiger charge is 2.64. The second kappa shape index (κ2) is 19.9. The van der Waals surface area contributed by atoms with E-state index in [2.05, 4.69) is 5.32 Å². The summed E-state index contributed by atoms with van der Waals surface area (Å²) in [6.45, 7) is 10.8. The molecule has 18 heteroatoms. The highest BCUT2D eigenvalue weighted by Crippen LogP contribution is 2.49. The number of alkyl carbamates (subject to hydrolysis) is 1. The zero-order valence-corrected chi connectivity index (χ0v) is 37.8. The molecule has 3 amide bonds. The van der Waals surface area contributed by atoms with E-state index >= 15 is 0 Å². The normalized spacial score (nSPS) is 29.5. The molecule has 4 bridgehead atoms. The van der Waals surface area contributed by atoms with Crippen LogP contribution in [-0.4, -0.2) is 126 Å². The molecule has 328 valence electrons. The molecule has 0 unspecified atom stereocenters. The van der Waals surface area contributed by atoms with Crippen LogP contribution in [0.5, 0.6) is 5.75 Å². The van der Waals surface area contributed by atoms with E-state index in [1.165, 1.54) is 59.6 Å². The van der Waals surface area contributed by atoms with Gasteiger partial charge in [-0.05, 0) is 65.2 Å². The molecular formula is C41H58ClN3O12S2. The van der Waals surface area contributed by atoms with Crippen LogP contribution in [0.1, 0.15) is 79.2 Å². The maximum Gasteiger partial charge on any atom is 0.409 e. The van der Waals surface area contributed by atoms with Gasteiger partial charge in [-0.1, -0.05) is 63.9 Å². The van der Waals surface area contributed by atoms with Crippen LogP contribution in [0.4, 0.5) is 10.5 Å². The predicted octanol–water partition coefficient (Wildman–Crippen LogP) is 5.93. The summed E-state index contributed by atoms with van der Waals surface area (Å²) in [5.41, 5.74) is -1.02. The number of carboxylic acids is 1. The van der Waals surface area contributed by atoms with Crippen molar-refractivity contribution in [1.82, 2.24) is 10.2 Å². The molecule has 0 aromatic heterocycles. The van der Waals surface area contributed by atoms with Gasteiger partial charge in [0, 0.05) is 56.9 Å². The smallest absolute Gasteiger partial charge is 0.409 e. The van der Waals surface area contributed by atoms with Crippen molar-refractivity contribution in [2.75, 3.05) is 39.0 Å². The molecule has 59 heavy (non-hydrogen) atoms. The number of fused-ring (bicyclic) bond motifs is 5. The van der Waals surface area contributed by atoms with E-state index in [9.17, 15) is 29.1 Å². The first-order chi connectivity index (χ1) is 27.5. The van der Waals surface area contributed by atoms with Gasteiger partial charge in [-0.3, -0.25) is 19.7 Å². The number of amides is 3. The summed E-state index contributed by atoms with van der Waals surface area (Å²) in [7, 11) is 8.93. The number of nitrogens with one attached hydrogen (secondary N) is 1. The van der Waals surface area contributed by atoms with Crippen LogP contribution < -0.4 is 15.0 Å². The fraction of sp³-hybridized carbons (Fsp3) is 0.634. The Bertz CT molecular complexity index is 1810. The molecular weight excluding hydrogens is 826 g/mol. The number of epoxide rings is 1. The summed E-state index contributed by atoms with van der Waals surface area (Å²) >= 11 is 6.78. The van der Waals surface area contributed by atoms with E-state index in [1.54, 1.807) is 45.2 Å². The Morgan fingerprint density at radius 1 is 1.20 bits per heavy atom. The van der Waals surface area contributed by atoms with Crippen LogP contribution in [0.25, 0.3) is 0 Å². The van der Waals surface area contributed by atoms with Crippen LogP contribution in [-0.2, 0) is 44.5 Å². The zero-order valence-electron chi connectivity index (χ0n) is 35.4. The van der Waals surface area contributed by atoms with Gasteiger partial charge < -0.3 is 43.7 Å². The summed E-state index contributed by atoms with van der Waals surface area (Å²) in [5.74, 6) is -2.16. The van der Waals surface area contributed by atoms with E-state index in [-0.39, 0.29) is 41.4 Å². The highest BCUT2D eigenvalue weighted by atomic mass is 35.5. The number of allylic oxidation sites excluding steroid dienone is 3. The quantitative estimate of drug-likeness (QED) is 0.0914. The molecule has 2 saturated heterocycles. The van der Waals surface area contributed by atoms with Crippen LogP contribution in [0.2, 0.25) is 5.02 Å². The lowest BCUT2D eigenvalue weighted by Gasteiger charge is -2.42. The van der Waals surface area contributed by atoms with Gasteiger partial charge in [-0.25, -0.2) is 9.59 Å². The molecule has 2 fully saturated rings. The van der Waals surface area contributed by atoms with Crippen molar-refractivity contribution < 1.29 is 57.9 Å². The van der Waals surface area contributed by atoms with E-state index in [0.29, 0.717) is 30.0 Å². The second-order valence-corrected chi connectivity index (χ2v) is 19.7. The molecule has 1 aromatic rings. The van der Waals surface area contributed by atoms with Gasteiger partial charge in [0.15, 0.2) is 5.72 Å². The lowest BCUT2D eigenvalue weighted by atomic mass is 9.83. The number of anilines is 1. The van der Waals surface area contributed by atoms with Crippen molar-refractivity contribution in [3.8, 4) is 5.75 Å². The third kappa shape index (κ3) is 12.1. The Labute approximate surface area is 359 Å². The number of carboxylic acid groups (broad SMARTS) is 1. The summed E-state index contributed by atoms with van der Waals surface area (Å²) in [5, 5.41) is 23.5. The topological polar surface area (TPSA) is 194 Å². The number of hydrogen-bond donors (Lipinski definition) is 3. The maximum absolute atomic E-state index is 14.2. The number of nitrogens with zero attached hydrogens (tertiary/aromatic N) is 2. The monoisotopic (exact) mass is 883 g/mol. The first-order valence-corrected chi connectivity index (χ1v) is 22.1. The fourth-order valence-electron chi connectivity index (χ4n) is 7.17. The molecule has 0 saturated carbocycles. The number of carbonyl (C=O) groups excluding carboxylic acids is 4. The lowest BCUT2D eigenvalue weighted by Crippen LogP contribution is -2.63. The van der Waals surface area contributed by atoms with Crippen molar-refractivity contribution in [2.45, 2.75) is 127 Å². The SMILES string of the molecule is COc1cc2cc(c1Cl)N(C)C(=O)C[C@H](OC(=O)[C@H](C)N(C)C(=O)CCSSC(C)(C)CCC(=O)O)[C@]1(C)O[C@H]1[C@H](C)[C@@H]1C[C@@](O)(NC(=O)O1)[C@H](OC)/C=C/C=C(\C)C2. The number of carbonyl (C=O) groups is 5. The van der Waals surface area contributed by atoms with Gasteiger partial charge >= 0.3 is 18.0 Å². The summed E-state index contributed by atoms with van der Waals surface area (Å²) in [4.78, 5) is 67.9. The molecule has 15 nitrogen and oxygen atoms in total. The largest absolute Gasteiger partial charge is 0.495 e. The zero-order chi connectivity index (χ0) is 44.0. The van der Waals surface area contributed by atoms with Crippen LogP contribution in [0.3, 0.4) is 0 Å². The molecule has 3 aliphatic heterocycles. The molecule has 0 spiro atoms. The number of aliphatic carboxylic acids is 1. The number of hydrogen-bond acceptors (Lipinski definition) is 13. The number of likely N-dealkylation sites (N-methyl/N-ethyl adjacent to an activating group) is 1. The van der Waals surface area contributed by atoms with Crippen molar-refractivity contribution in [2.24, 2.45) is 5.92 Å². The summed E-state index contributed by atoms with van der Waals surface area (Å²) in [6.07, 6.45) is 1.35. The number of benzene rings is 1. The third-order valence-electron chi connectivity index (χ3n) is 11.1. The minimum atomic E-state index is -1.85. The van der Waals surface area contributed by atoms with Crippen LogP contribution in [0.15, 0.2) is 35.9 Å². The highest BCUT2D eigenvalue weighted by molar-refractivity contribution is 8.77. The van der Waals surface area contributed by atoms with Gasteiger partial charge in [0.1, 0.15) is 40.7 Å². The molecule has 1 aromatic carbocycles. The minimum Gasteiger partial charge on any atom is -0.495 e. The molecule has 3 aliphatic rings. The summed E-state index contributed by atoms with van der Waals surface area (Å²) in [6, 6.07) is 2.52. The molecule has 3 heterocycles. The minimum absolute atomic E-state index is 0.0448. The van der Waals surface area contributed by atoms with Crippen LogP contribution >= 0.6 is 33.2 Å². The molecule has 4 rings (SSSR count). The first-order valence-electron chi connectivity index (χ1n) is 19.4. The number of ether oxygens (including phenoxy) is 5. The molecule has 0 radical (unpaired) electrons. The van der Waals surface area contributed by atoms with Crippen molar-refractivity contribution >= 4 is 68.7 Å². The Balaban J connectivity index is 1.62. The van der Waals surface area contributed by atoms with Crippen molar-refractivity contribution in [1.29, 1.82) is 0 Å². The number of halogens is 1. The molecule has 8 atom stereocenters. The average molecular weight is 885 g/mol. The summed E-state index contributed by atoms with van der Waals surface area (Å²) < 4.78 is 29.0. The van der Waals surface area contributed by atoms with Gasteiger partial charge in [0.2, 0.25) is 11.8 Å². The van der Waals surface area contributed by atoms with Gasteiger partial charge in [-0.15, -0.1) is 0 Å². The Kier molecular flexibility index (Phi) is 16.3. The van der Waals surface area contributed by atoms with Gasteiger partial charge in [-0.2, -0.15) is 0 Å². The number of aliphatic hydroxyl groups is 1. The van der Waals surface area contributed by atoms with Gasteiger partial charge in [0.25, 0.3) is 0 Å². The fourth-order valence-corrected chi connectivity index (χ4v) is 10.0. The van der Waals surface area contributed by atoms with E-state index in [1.807, 2.05) is 26.8 Å². The number of methoxy groups -OCH3 is 2. The standard InChI is InChI=1S/C41H58ClN3O12S2/c1-23-12-11-13-30(54-10)41(52)22-29(55-38(51)43-41)24(2)36-40(6,57-36)31(21-33(47)45(8)27-19-26(18-23)20-28(53-9)35(27)42)56-37(50)25(3)44(7)32(46)15-17-58-59-39(4,5)16-14-34(48)49/h11-13,19-20,24-25,29-31,36,52H,14-18,21-22H2,1-10H3,(H,43,51)(H,48,49)/b13-11+,23-12+/t24-,25+,29+,30-,31+,36+,40+,41+/m1/s1. The Morgan fingerprint density at radius 2 is 1.90 bits per heavy atom. The molecule has 3 N–H and O–H groups in total.